The monoisotopic (exact) mass is 363 g/mol. The van der Waals surface area contributed by atoms with Gasteiger partial charge in [-0.05, 0) is 38.0 Å². The van der Waals surface area contributed by atoms with Crippen molar-refractivity contribution in [1.82, 2.24) is 9.21 Å². The van der Waals surface area contributed by atoms with E-state index in [2.05, 4.69) is 6.07 Å². The zero-order chi connectivity index (χ0) is 18.4. The van der Waals surface area contributed by atoms with Crippen LogP contribution < -0.4 is 0 Å². The van der Waals surface area contributed by atoms with Crippen LogP contribution in [0.5, 0.6) is 0 Å². The minimum absolute atomic E-state index is 0.118. The van der Waals surface area contributed by atoms with E-state index in [4.69, 9.17) is 10.1 Å². The minimum atomic E-state index is -3.61. The summed E-state index contributed by atoms with van der Waals surface area (Å²) in [6.45, 7) is 3.35. The first-order valence-corrected chi connectivity index (χ1v) is 9.57. The molecule has 1 aromatic rings. The molecular weight excluding hydrogens is 342 g/mol. The predicted molar refractivity (Wildman–Crippen MR) is 91.2 cm³/mol. The van der Waals surface area contributed by atoms with E-state index in [1.807, 2.05) is 0 Å². The highest BCUT2D eigenvalue weighted by molar-refractivity contribution is 7.89. The number of hydrogen-bond donors (Lipinski definition) is 0. The Labute approximate surface area is 147 Å². The Morgan fingerprint density at radius 3 is 2.44 bits per heavy atom. The van der Waals surface area contributed by atoms with E-state index in [1.165, 1.54) is 23.4 Å². The molecule has 0 radical (unpaired) electrons. The number of nitrogens with zero attached hydrogens (tertiary/aromatic N) is 3. The lowest BCUT2D eigenvalue weighted by molar-refractivity contribution is -0.106. The van der Waals surface area contributed by atoms with Crippen LogP contribution in [0.2, 0.25) is 0 Å². The van der Waals surface area contributed by atoms with Crippen molar-refractivity contribution in [1.29, 1.82) is 5.26 Å². The van der Waals surface area contributed by atoms with Crippen LogP contribution >= 0.6 is 0 Å². The Hall–Kier alpha value is -2.24. The van der Waals surface area contributed by atoms with Crippen molar-refractivity contribution in [2.45, 2.75) is 24.7 Å². The first-order chi connectivity index (χ1) is 11.9. The summed E-state index contributed by atoms with van der Waals surface area (Å²) in [5.74, 6) is -0.350. The van der Waals surface area contributed by atoms with Gasteiger partial charge in [-0.1, -0.05) is 6.07 Å². The number of carbonyl (C=O) groups excluding carboxylic acids is 2. The van der Waals surface area contributed by atoms with Crippen LogP contribution in [0.15, 0.2) is 29.2 Å². The normalized spacial score (nSPS) is 17.8. The van der Waals surface area contributed by atoms with E-state index in [1.54, 1.807) is 17.0 Å². The molecule has 2 aliphatic heterocycles. The number of hydrogen-bond acceptors (Lipinski definition) is 5. The second kappa shape index (κ2) is 8.23. The smallest absolute Gasteiger partial charge is 0.253 e. The van der Waals surface area contributed by atoms with Gasteiger partial charge in [-0.25, -0.2) is 8.42 Å². The van der Waals surface area contributed by atoms with Crippen molar-refractivity contribution >= 4 is 22.2 Å². The van der Waals surface area contributed by atoms with Crippen molar-refractivity contribution < 1.29 is 18.0 Å². The zero-order valence-electron chi connectivity index (χ0n) is 14.1. The molecule has 25 heavy (non-hydrogen) atoms. The summed E-state index contributed by atoms with van der Waals surface area (Å²) < 4.78 is 26.2. The molecule has 0 bridgehead atoms. The summed E-state index contributed by atoms with van der Waals surface area (Å²) in [6.07, 6.45) is 2.74. The van der Waals surface area contributed by atoms with Gasteiger partial charge in [0.15, 0.2) is 0 Å². The Bertz CT molecular complexity index is 773. The summed E-state index contributed by atoms with van der Waals surface area (Å²) in [4.78, 5) is 23.0. The molecule has 0 aliphatic carbocycles. The van der Waals surface area contributed by atoms with Crippen LogP contribution in [0.25, 0.3) is 0 Å². The highest BCUT2D eigenvalue weighted by Crippen LogP contribution is 2.25. The van der Waals surface area contributed by atoms with Crippen molar-refractivity contribution in [3.63, 3.8) is 0 Å². The molecule has 1 aromatic carbocycles. The molecule has 2 fully saturated rings. The molecule has 8 heteroatoms. The molecule has 2 saturated heterocycles. The molecule has 0 spiro atoms. The summed E-state index contributed by atoms with van der Waals surface area (Å²) >= 11 is 0. The van der Waals surface area contributed by atoms with Gasteiger partial charge in [-0.15, -0.1) is 0 Å². The highest BCUT2D eigenvalue weighted by atomic mass is 32.2. The van der Waals surface area contributed by atoms with Crippen LogP contribution in [0, 0.1) is 17.2 Å². The number of nitriles is 1. The van der Waals surface area contributed by atoms with Gasteiger partial charge in [-0.2, -0.15) is 9.57 Å². The lowest BCUT2D eigenvalue weighted by Gasteiger charge is -2.34. The molecule has 134 valence electrons. The summed E-state index contributed by atoms with van der Waals surface area (Å²) in [7, 11) is -3.61. The molecule has 0 unspecified atom stereocenters. The Morgan fingerprint density at radius 2 is 1.88 bits per heavy atom. The third-order valence-corrected chi connectivity index (χ3v) is 5.97. The maximum Gasteiger partial charge on any atom is 0.253 e. The average Bonchev–Trinajstić information content (AvgIpc) is 3.08. The second-order valence-electron chi connectivity index (χ2n) is 5.91. The second-order valence-corrected chi connectivity index (χ2v) is 7.85. The highest BCUT2D eigenvalue weighted by Gasteiger charge is 2.37. The average molecular weight is 363 g/mol. The standard InChI is InChI=1S/C15H17N3O3S.C2H4O/c16-9-12-10-18(11-12)22(20,21)14-5-3-4-13(8-14)15(19)17-6-1-2-7-17;1-2-3/h3-5,8,12H,1-2,6-7,10-11H2;2H,1H3. The molecular formula is C17H21N3O4S. The number of aldehydes is 1. The fourth-order valence-electron chi connectivity index (χ4n) is 2.76. The Morgan fingerprint density at radius 1 is 1.28 bits per heavy atom. The van der Waals surface area contributed by atoms with Crippen LogP contribution in [-0.2, 0) is 14.8 Å². The number of carbonyl (C=O) groups is 2. The van der Waals surface area contributed by atoms with Crippen molar-refractivity contribution in [2.24, 2.45) is 5.92 Å². The van der Waals surface area contributed by atoms with E-state index < -0.39 is 10.0 Å². The zero-order valence-corrected chi connectivity index (χ0v) is 14.9. The quantitative estimate of drug-likeness (QED) is 0.753. The fraction of sp³-hybridized carbons (Fsp3) is 0.471. The van der Waals surface area contributed by atoms with Crippen molar-refractivity contribution in [3.8, 4) is 6.07 Å². The van der Waals surface area contributed by atoms with Crippen LogP contribution in [0.3, 0.4) is 0 Å². The predicted octanol–water partition coefficient (Wildman–Crippen LogP) is 1.27. The number of rotatable bonds is 3. The molecule has 2 aliphatic rings. The first-order valence-electron chi connectivity index (χ1n) is 8.13. The maximum atomic E-state index is 12.5. The minimum Gasteiger partial charge on any atom is -0.339 e. The SMILES string of the molecule is CC=O.N#CC1CN(S(=O)(=O)c2cccc(C(=O)N3CCCC3)c2)C1. The number of benzene rings is 1. The number of sulfonamides is 1. The third-order valence-electron chi connectivity index (χ3n) is 4.14. The molecule has 1 amide bonds. The first kappa shape index (κ1) is 19.1. The summed E-state index contributed by atoms with van der Waals surface area (Å²) in [5.41, 5.74) is 0.403. The topological polar surface area (TPSA) is 98.5 Å². The lowest BCUT2D eigenvalue weighted by atomic mass is 10.1. The van der Waals surface area contributed by atoms with E-state index in [9.17, 15) is 13.2 Å². The van der Waals surface area contributed by atoms with Crippen LogP contribution in [-0.4, -0.2) is 56.0 Å². The van der Waals surface area contributed by atoms with E-state index in [0.717, 1.165) is 32.2 Å². The summed E-state index contributed by atoms with van der Waals surface area (Å²) in [6, 6.07) is 8.23. The van der Waals surface area contributed by atoms with Gasteiger partial charge in [-0.3, -0.25) is 4.79 Å². The summed E-state index contributed by atoms with van der Waals surface area (Å²) in [5, 5.41) is 8.76. The van der Waals surface area contributed by atoms with Gasteiger partial charge in [0.25, 0.3) is 5.91 Å². The van der Waals surface area contributed by atoms with Gasteiger partial charge >= 0.3 is 0 Å². The molecule has 2 heterocycles. The van der Waals surface area contributed by atoms with Crippen molar-refractivity contribution in [2.75, 3.05) is 26.2 Å². The van der Waals surface area contributed by atoms with Crippen LogP contribution in [0.4, 0.5) is 0 Å². The van der Waals surface area contributed by atoms with Crippen LogP contribution in [0.1, 0.15) is 30.1 Å². The fourth-order valence-corrected chi connectivity index (χ4v) is 4.33. The molecule has 0 atom stereocenters. The Kier molecular flexibility index (Phi) is 6.28. The number of likely N-dealkylation sites (tertiary alicyclic amines) is 1. The third kappa shape index (κ3) is 4.24. The molecule has 3 rings (SSSR count). The molecule has 0 N–H and O–H groups in total. The van der Waals surface area contributed by atoms with E-state index in [-0.39, 0.29) is 29.8 Å². The largest absolute Gasteiger partial charge is 0.339 e. The van der Waals surface area contributed by atoms with Gasteiger partial charge < -0.3 is 9.69 Å². The molecule has 0 saturated carbocycles. The lowest BCUT2D eigenvalue weighted by Crippen LogP contribution is -2.49. The van der Waals surface area contributed by atoms with Gasteiger partial charge in [0.05, 0.1) is 16.9 Å². The van der Waals surface area contributed by atoms with Gasteiger partial charge in [0.1, 0.15) is 6.29 Å². The van der Waals surface area contributed by atoms with E-state index >= 15 is 0 Å². The Balaban J connectivity index is 0.000000701. The number of amides is 1. The van der Waals surface area contributed by atoms with Crippen molar-refractivity contribution in [3.05, 3.63) is 29.8 Å². The molecule has 0 aromatic heterocycles. The van der Waals surface area contributed by atoms with Gasteiger partial charge in [0.2, 0.25) is 10.0 Å². The maximum absolute atomic E-state index is 12.5. The molecule has 7 nitrogen and oxygen atoms in total. The van der Waals surface area contributed by atoms with Gasteiger partial charge in [0, 0.05) is 31.7 Å². The van der Waals surface area contributed by atoms with E-state index in [0.29, 0.717) is 5.56 Å².